The zero-order valence-electron chi connectivity index (χ0n) is 14.8. The van der Waals surface area contributed by atoms with E-state index >= 15 is 0 Å². The van der Waals surface area contributed by atoms with Crippen molar-refractivity contribution in [3.63, 3.8) is 0 Å². The van der Waals surface area contributed by atoms with E-state index in [2.05, 4.69) is 5.32 Å². The Morgan fingerprint density at radius 3 is 2.38 bits per heavy atom. The summed E-state index contributed by atoms with van der Waals surface area (Å²) in [5, 5.41) is 2.78. The fraction of sp³-hybridized carbons (Fsp3) is 0.263. The highest BCUT2D eigenvalue weighted by atomic mass is 19.1. The number of anilines is 1. The summed E-state index contributed by atoms with van der Waals surface area (Å²) in [6.45, 7) is 3.11. The first-order valence-corrected chi connectivity index (χ1v) is 7.96. The van der Waals surface area contributed by atoms with E-state index in [9.17, 15) is 18.4 Å². The van der Waals surface area contributed by atoms with Crippen LogP contribution >= 0.6 is 0 Å². The Morgan fingerprint density at radius 1 is 1.12 bits per heavy atom. The molecule has 0 fully saturated rings. The molecule has 1 N–H and O–H groups in total. The maximum absolute atomic E-state index is 13.5. The molecule has 0 heterocycles. The Bertz CT molecular complexity index is 804. The first kappa shape index (κ1) is 19.4. The molecule has 138 valence electrons. The van der Waals surface area contributed by atoms with Gasteiger partial charge >= 0.3 is 0 Å². The Hall–Kier alpha value is -2.96. The summed E-state index contributed by atoms with van der Waals surface area (Å²) in [5.74, 6) is -2.72. The molecule has 0 saturated heterocycles. The van der Waals surface area contributed by atoms with E-state index in [1.807, 2.05) is 32.0 Å². The fourth-order valence-corrected chi connectivity index (χ4v) is 2.34. The van der Waals surface area contributed by atoms with E-state index in [0.717, 1.165) is 23.3 Å². The lowest BCUT2D eigenvalue weighted by Gasteiger charge is -2.18. The van der Waals surface area contributed by atoms with Gasteiger partial charge in [-0.2, -0.15) is 0 Å². The molecule has 0 radical (unpaired) electrons. The third kappa shape index (κ3) is 5.02. The summed E-state index contributed by atoms with van der Waals surface area (Å²) in [7, 11) is 1.44. The lowest BCUT2D eigenvalue weighted by Crippen LogP contribution is -2.37. The highest BCUT2D eigenvalue weighted by molar-refractivity contribution is 5.95. The van der Waals surface area contributed by atoms with Crippen LogP contribution in [-0.2, 0) is 9.59 Å². The van der Waals surface area contributed by atoms with Crippen LogP contribution in [0.25, 0.3) is 0 Å². The van der Waals surface area contributed by atoms with Gasteiger partial charge in [-0.25, -0.2) is 8.78 Å². The lowest BCUT2D eigenvalue weighted by molar-refractivity contribution is -0.135. The van der Waals surface area contributed by atoms with Crippen molar-refractivity contribution in [2.75, 3.05) is 25.5 Å². The standard InChI is InChI=1S/C19H20F2N2O3/c1-12-5-4-6-13(2)19(12)22-17(24)10-23(3)18(25)11-26-16-8-7-14(20)9-15(16)21/h4-9H,10-11H2,1-3H3,(H,22,24). The molecule has 2 aromatic carbocycles. The van der Waals surface area contributed by atoms with Crippen LogP contribution in [0.15, 0.2) is 36.4 Å². The topological polar surface area (TPSA) is 58.6 Å². The van der Waals surface area contributed by atoms with Crippen LogP contribution in [-0.4, -0.2) is 36.9 Å². The van der Waals surface area contributed by atoms with Gasteiger partial charge in [0.05, 0.1) is 6.54 Å². The van der Waals surface area contributed by atoms with Crippen molar-refractivity contribution in [1.82, 2.24) is 4.90 Å². The van der Waals surface area contributed by atoms with Crippen molar-refractivity contribution in [1.29, 1.82) is 0 Å². The fourth-order valence-electron chi connectivity index (χ4n) is 2.34. The van der Waals surface area contributed by atoms with Crippen molar-refractivity contribution in [3.8, 4) is 5.75 Å². The van der Waals surface area contributed by atoms with Gasteiger partial charge in [-0.05, 0) is 37.1 Å². The maximum atomic E-state index is 13.5. The summed E-state index contributed by atoms with van der Waals surface area (Å²) in [4.78, 5) is 25.4. The third-order valence-electron chi connectivity index (χ3n) is 3.80. The normalized spacial score (nSPS) is 10.3. The number of likely N-dealkylation sites (N-methyl/N-ethyl adjacent to an activating group) is 1. The molecular weight excluding hydrogens is 342 g/mol. The number of nitrogens with one attached hydrogen (secondary N) is 1. The monoisotopic (exact) mass is 362 g/mol. The third-order valence-corrected chi connectivity index (χ3v) is 3.80. The lowest BCUT2D eigenvalue weighted by atomic mass is 10.1. The molecule has 5 nitrogen and oxygen atoms in total. The first-order chi connectivity index (χ1) is 12.3. The molecule has 0 aromatic heterocycles. The zero-order valence-corrected chi connectivity index (χ0v) is 14.8. The summed E-state index contributed by atoms with van der Waals surface area (Å²) in [5.41, 5.74) is 2.55. The number of amides is 2. The number of carbonyl (C=O) groups is 2. The van der Waals surface area contributed by atoms with E-state index < -0.39 is 24.1 Å². The van der Waals surface area contributed by atoms with Gasteiger partial charge in [0, 0.05) is 18.8 Å². The van der Waals surface area contributed by atoms with E-state index in [4.69, 9.17) is 4.74 Å². The summed E-state index contributed by atoms with van der Waals surface area (Å²) < 4.78 is 31.4. The van der Waals surface area contributed by atoms with Gasteiger partial charge in [-0.15, -0.1) is 0 Å². The molecule has 2 amide bonds. The Kier molecular flexibility index (Phi) is 6.27. The highest BCUT2D eigenvalue weighted by Gasteiger charge is 2.16. The quantitative estimate of drug-likeness (QED) is 0.859. The molecule has 2 aromatic rings. The summed E-state index contributed by atoms with van der Waals surface area (Å²) in [6.07, 6.45) is 0. The summed E-state index contributed by atoms with van der Waals surface area (Å²) >= 11 is 0. The average Bonchev–Trinajstić information content (AvgIpc) is 2.57. The molecule has 0 atom stereocenters. The second-order valence-corrected chi connectivity index (χ2v) is 5.93. The molecule has 0 aliphatic rings. The molecule has 26 heavy (non-hydrogen) atoms. The van der Waals surface area contributed by atoms with Gasteiger partial charge in [0.25, 0.3) is 5.91 Å². The number of hydrogen-bond donors (Lipinski definition) is 1. The van der Waals surface area contributed by atoms with Gasteiger partial charge < -0.3 is 15.0 Å². The van der Waals surface area contributed by atoms with Crippen LogP contribution in [0.3, 0.4) is 0 Å². The van der Waals surface area contributed by atoms with E-state index in [1.54, 1.807) is 0 Å². The Labute approximate surface area is 150 Å². The molecule has 2 rings (SSSR count). The largest absolute Gasteiger partial charge is 0.481 e. The van der Waals surface area contributed by atoms with Crippen LogP contribution in [0.4, 0.5) is 14.5 Å². The highest BCUT2D eigenvalue weighted by Crippen LogP contribution is 2.19. The number of para-hydroxylation sites is 1. The predicted octanol–water partition coefficient (Wildman–Crippen LogP) is 3.06. The first-order valence-electron chi connectivity index (χ1n) is 7.96. The number of carbonyl (C=O) groups excluding carboxylic acids is 2. The number of halogens is 2. The van der Waals surface area contributed by atoms with Crippen molar-refractivity contribution < 1.29 is 23.1 Å². The van der Waals surface area contributed by atoms with Crippen molar-refractivity contribution in [3.05, 3.63) is 59.2 Å². The van der Waals surface area contributed by atoms with Crippen LogP contribution < -0.4 is 10.1 Å². The second kappa shape index (κ2) is 8.42. The van der Waals surface area contributed by atoms with Crippen LogP contribution in [0.1, 0.15) is 11.1 Å². The number of ether oxygens (including phenoxy) is 1. The molecule has 0 aliphatic heterocycles. The van der Waals surface area contributed by atoms with Gasteiger partial charge in [-0.3, -0.25) is 9.59 Å². The van der Waals surface area contributed by atoms with Gasteiger partial charge in [0.15, 0.2) is 18.2 Å². The van der Waals surface area contributed by atoms with Crippen LogP contribution in [0, 0.1) is 25.5 Å². The van der Waals surface area contributed by atoms with Crippen LogP contribution in [0.5, 0.6) is 5.75 Å². The molecule has 0 bridgehead atoms. The number of hydrogen-bond acceptors (Lipinski definition) is 3. The number of aryl methyl sites for hydroxylation is 2. The molecule has 0 aliphatic carbocycles. The number of rotatable bonds is 6. The van der Waals surface area contributed by atoms with Crippen molar-refractivity contribution in [2.24, 2.45) is 0 Å². The molecule has 0 unspecified atom stereocenters. The van der Waals surface area contributed by atoms with E-state index in [-0.39, 0.29) is 18.2 Å². The van der Waals surface area contributed by atoms with Gasteiger partial charge in [0.1, 0.15) is 5.82 Å². The summed E-state index contributed by atoms with van der Waals surface area (Å²) in [6, 6.07) is 8.45. The number of benzene rings is 2. The smallest absolute Gasteiger partial charge is 0.260 e. The average molecular weight is 362 g/mol. The van der Waals surface area contributed by atoms with Gasteiger partial charge in [-0.1, -0.05) is 18.2 Å². The van der Waals surface area contributed by atoms with Gasteiger partial charge in [0.2, 0.25) is 5.91 Å². The minimum Gasteiger partial charge on any atom is -0.481 e. The van der Waals surface area contributed by atoms with Crippen molar-refractivity contribution in [2.45, 2.75) is 13.8 Å². The van der Waals surface area contributed by atoms with Crippen LogP contribution in [0.2, 0.25) is 0 Å². The minimum absolute atomic E-state index is 0.179. The molecule has 0 spiro atoms. The Balaban J connectivity index is 1.89. The minimum atomic E-state index is -0.895. The molecule has 0 saturated carbocycles. The zero-order chi connectivity index (χ0) is 19.3. The maximum Gasteiger partial charge on any atom is 0.260 e. The Morgan fingerprint density at radius 2 is 1.77 bits per heavy atom. The second-order valence-electron chi connectivity index (χ2n) is 5.93. The SMILES string of the molecule is Cc1cccc(C)c1NC(=O)CN(C)C(=O)COc1ccc(F)cc1F. The van der Waals surface area contributed by atoms with E-state index in [0.29, 0.717) is 11.8 Å². The predicted molar refractivity (Wildman–Crippen MR) is 94.0 cm³/mol. The van der Waals surface area contributed by atoms with Crippen molar-refractivity contribution >= 4 is 17.5 Å². The molecular formula is C19H20F2N2O3. The molecule has 7 heteroatoms. The number of nitrogens with zero attached hydrogens (tertiary/aromatic N) is 1. The van der Waals surface area contributed by atoms with E-state index in [1.165, 1.54) is 11.9 Å².